The van der Waals surface area contributed by atoms with Gasteiger partial charge in [-0.2, -0.15) is 0 Å². The van der Waals surface area contributed by atoms with Gasteiger partial charge < -0.3 is 24.6 Å². The Morgan fingerprint density at radius 1 is 0.971 bits per heavy atom. The minimum absolute atomic E-state index is 0.0157. The van der Waals surface area contributed by atoms with Gasteiger partial charge in [-0.15, -0.1) is 0 Å². The maximum absolute atomic E-state index is 13.6. The van der Waals surface area contributed by atoms with E-state index in [4.69, 9.17) is 14.2 Å². The van der Waals surface area contributed by atoms with Crippen molar-refractivity contribution in [3.63, 3.8) is 0 Å². The molecular weight excluding hydrogens is 450 g/mol. The number of hydrogen-bond acceptors (Lipinski definition) is 8. The molecule has 8 nitrogen and oxygen atoms in total. The highest BCUT2D eigenvalue weighted by Crippen LogP contribution is 2.47. The molecule has 1 unspecified atom stereocenters. The van der Waals surface area contributed by atoms with E-state index in [-0.39, 0.29) is 40.2 Å². The van der Waals surface area contributed by atoms with E-state index in [9.17, 15) is 19.5 Å². The summed E-state index contributed by atoms with van der Waals surface area (Å²) in [5.41, 5.74) is -1.75. The van der Waals surface area contributed by atoms with Gasteiger partial charge in [-0.25, -0.2) is 4.79 Å². The van der Waals surface area contributed by atoms with E-state index in [2.05, 4.69) is 5.32 Å². The fourth-order valence-corrected chi connectivity index (χ4v) is 4.36. The zero-order chi connectivity index (χ0) is 26.1. The molecule has 1 heterocycles. The first-order valence-electron chi connectivity index (χ1n) is 12.2. The number of phenolic OH excluding ortho intramolecular Hbond substituents is 1. The lowest BCUT2D eigenvalue weighted by Gasteiger charge is -2.34. The molecule has 35 heavy (non-hydrogen) atoms. The zero-order valence-electron chi connectivity index (χ0n) is 21.7. The van der Waals surface area contributed by atoms with Crippen molar-refractivity contribution in [1.82, 2.24) is 5.32 Å². The number of Topliss-reactive ketones (excluding diaryl/α,β-unsaturated/α-hetero) is 1. The summed E-state index contributed by atoms with van der Waals surface area (Å²) in [5, 5.41) is 14.4. The van der Waals surface area contributed by atoms with Gasteiger partial charge in [0.15, 0.2) is 5.78 Å². The van der Waals surface area contributed by atoms with Crippen LogP contribution in [0.4, 0.5) is 0 Å². The van der Waals surface area contributed by atoms with Gasteiger partial charge >= 0.3 is 11.9 Å². The summed E-state index contributed by atoms with van der Waals surface area (Å²) in [4.78, 5) is 39.3. The van der Waals surface area contributed by atoms with Crippen LogP contribution in [0.3, 0.4) is 0 Å². The van der Waals surface area contributed by atoms with Crippen LogP contribution in [0, 0.1) is 0 Å². The molecule has 1 aromatic carbocycles. The van der Waals surface area contributed by atoms with Crippen LogP contribution in [0.1, 0.15) is 102 Å². The molecule has 0 aromatic heterocycles. The number of esters is 2. The molecule has 8 heteroatoms. The third-order valence-electron chi connectivity index (χ3n) is 5.79. The minimum atomic E-state index is -1.35. The molecule has 0 saturated heterocycles. The second kappa shape index (κ2) is 9.91. The van der Waals surface area contributed by atoms with E-state index in [1.54, 1.807) is 41.5 Å². The van der Waals surface area contributed by atoms with E-state index in [1.165, 1.54) is 19.1 Å². The van der Waals surface area contributed by atoms with Gasteiger partial charge in [0.1, 0.15) is 34.2 Å². The number of ether oxygens (including phenoxy) is 3. The monoisotopic (exact) mass is 487 g/mol. The normalized spacial score (nSPS) is 18.9. The maximum Gasteiger partial charge on any atom is 0.341 e. The summed E-state index contributed by atoms with van der Waals surface area (Å²) in [6.45, 7) is 11.6. The molecule has 3 rings (SSSR count). The van der Waals surface area contributed by atoms with Crippen LogP contribution in [0.5, 0.6) is 11.5 Å². The summed E-state index contributed by atoms with van der Waals surface area (Å²) in [5.74, 6) is -3.37. The number of aromatic hydroxyl groups is 1. The van der Waals surface area contributed by atoms with Crippen molar-refractivity contribution in [2.75, 3.05) is 0 Å². The van der Waals surface area contributed by atoms with Crippen molar-refractivity contribution in [3.8, 4) is 11.5 Å². The first kappa shape index (κ1) is 26.6. The highest BCUT2D eigenvalue weighted by molar-refractivity contribution is 6.03. The third kappa shape index (κ3) is 6.35. The standard InChI is InChI=1S/C27H37NO7/c1-15(29)17-13-14-18-19(22(17)30)20(24(31)34-26(2,3)4)21(25(32)35-27(5,6)7)23(33-18)28-16-11-9-8-10-12-16/h13-14,16,20,28,30H,8-12H2,1-7H3. The first-order valence-corrected chi connectivity index (χ1v) is 12.2. The second-order valence-corrected chi connectivity index (χ2v) is 11.2. The van der Waals surface area contributed by atoms with Crippen molar-refractivity contribution in [3.05, 3.63) is 34.7 Å². The maximum atomic E-state index is 13.6. The summed E-state index contributed by atoms with van der Waals surface area (Å²) >= 11 is 0. The molecular formula is C27H37NO7. The molecule has 0 radical (unpaired) electrons. The zero-order valence-corrected chi connectivity index (χ0v) is 21.7. The van der Waals surface area contributed by atoms with Crippen LogP contribution in [0.15, 0.2) is 23.6 Å². The lowest BCUT2D eigenvalue weighted by molar-refractivity contribution is -0.160. The van der Waals surface area contributed by atoms with Gasteiger partial charge in [-0.3, -0.25) is 9.59 Å². The predicted octanol–water partition coefficient (Wildman–Crippen LogP) is 4.89. The number of fused-ring (bicyclic) bond motifs is 1. The number of rotatable bonds is 5. The van der Waals surface area contributed by atoms with Gasteiger partial charge in [0.05, 0.1) is 11.1 Å². The lowest BCUT2D eigenvalue weighted by atomic mass is 9.85. The topological polar surface area (TPSA) is 111 Å². The number of nitrogens with one attached hydrogen (secondary N) is 1. The van der Waals surface area contributed by atoms with Crippen molar-refractivity contribution in [2.24, 2.45) is 0 Å². The van der Waals surface area contributed by atoms with Crippen LogP contribution in [0.25, 0.3) is 0 Å². The van der Waals surface area contributed by atoms with E-state index in [0.29, 0.717) is 0 Å². The number of carbonyl (C=O) groups is 3. The molecule has 2 aliphatic rings. The third-order valence-corrected chi connectivity index (χ3v) is 5.79. The second-order valence-electron chi connectivity index (χ2n) is 11.2. The highest BCUT2D eigenvalue weighted by Gasteiger charge is 2.45. The van der Waals surface area contributed by atoms with Gasteiger partial charge in [-0.1, -0.05) is 19.3 Å². The molecule has 0 amide bonds. The van der Waals surface area contributed by atoms with Gasteiger partial charge in [-0.05, 0) is 73.4 Å². The number of hydrogen-bond donors (Lipinski definition) is 2. The molecule has 192 valence electrons. The Morgan fingerprint density at radius 2 is 1.57 bits per heavy atom. The van der Waals surface area contributed by atoms with Gasteiger partial charge in [0.2, 0.25) is 5.88 Å². The van der Waals surface area contributed by atoms with Crippen LogP contribution < -0.4 is 10.1 Å². The molecule has 1 saturated carbocycles. The lowest BCUT2D eigenvalue weighted by Crippen LogP contribution is -2.41. The van der Waals surface area contributed by atoms with Crippen LogP contribution in [-0.4, -0.2) is 40.1 Å². The summed E-state index contributed by atoms with van der Waals surface area (Å²) in [6, 6.07) is 3.03. The number of benzene rings is 1. The Morgan fingerprint density at radius 3 is 2.11 bits per heavy atom. The smallest absolute Gasteiger partial charge is 0.341 e. The Bertz CT molecular complexity index is 1040. The SMILES string of the molecule is CC(=O)c1ccc2c(c1O)C(C(=O)OC(C)(C)C)C(C(=O)OC(C)(C)C)=C(NC1CCCCC1)O2. The molecule has 1 aliphatic carbocycles. The van der Waals surface area contributed by atoms with Crippen LogP contribution >= 0.6 is 0 Å². The van der Waals surface area contributed by atoms with Crippen LogP contribution in [0.2, 0.25) is 0 Å². The summed E-state index contributed by atoms with van der Waals surface area (Å²) in [7, 11) is 0. The molecule has 1 fully saturated rings. The molecule has 0 bridgehead atoms. The molecule has 2 N–H and O–H groups in total. The first-order chi connectivity index (χ1) is 16.2. The fourth-order valence-electron chi connectivity index (χ4n) is 4.36. The Hall–Kier alpha value is -3.03. The average Bonchev–Trinajstić information content (AvgIpc) is 2.71. The van der Waals surface area contributed by atoms with Gasteiger partial charge in [0, 0.05) is 6.04 Å². The Balaban J connectivity index is 2.22. The van der Waals surface area contributed by atoms with E-state index < -0.39 is 34.8 Å². The minimum Gasteiger partial charge on any atom is -0.507 e. The number of carbonyl (C=O) groups excluding carboxylic acids is 3. The van der Waals surface area contributed by atoms with E-state index >= 15 is 0 Å². The van der Waals surface area contributed by atoms with Crippen molar-refractivity contribution < 1.29 is 33.7 Å². The number of phenols is 1. The van der Waals surface area contributed by atoms with Crippen molar-refractivity contribution in [2.45, 2.75) is 104 Å². The van der Waals surface area contributed by atoms with Crippen molar-refractivity contribution in [1.29, 1.82) is 0 Å². The van der Waals surface area contributed by atoms with Gasteiger partial charge in [0.25, 0.3) is 0 Å². The fraction of sp³-hybridized carbons (Fsp3) is 0.593. The molecule has 0 spiro atoms. The average molecular weight is 488 g/mol. The molecule has 1 atom stereocenters. The Labute approximate surface area is 207 Å². The van der Waals surface area contributed by atoms with Crippen molar-refractivity contribution >= 4 is 17.7 Å². The molecule has 1 aromatic rings. The van der Waals surface area contributed by atoms with Crippen LogP contribution in [-0.2, 0) is 19.1 Å². The summed E-state index contributed by atoms with van der Waals surface area (Å²) in [6.07, 6.45) is 5.02. The predicted molar refractivity (Wildman–Crippen MR) is 130 cm³/mol. The molecule has 1 aliphatic heterocycles. The summed E-state index contributed by atoms with van der Waals surface area (Å²) < 4.78 is 17.4. The quantitative estimate of drug-likeness (QED) is 0.446. The Kier molecular flexibility index (Phi) is 7.53. The van der Waals surface area contributed by atoms with E-state index in [1.807, 2.05) is 0 Å². The number of ketones is 1. The van der Waals surface area contributed by atoms with E-state index in [0.717, 1.165) is 32.1 Å². The highest BCUT2D eigenvalue weighted by atomic mass is 16.6. The largest absolute Gasteiger partial charge is 0.507 e.